The molecule has 0 atom stereocenters. The standard InChI is InChI=1S/C19H25NO/c1-4-9-20-13-18-7-5-6-8-19(18)21-14-17-11-15(2)10-16(3)12-17/h5-8,10-12,20H,4,9,13-14H2,1-3H3. The normalized spacial score (nSPS) is 10.6. The van der Waals surface area contributed by atoms with Crippen LogP contribution in [0.4, 0.5) is 0 Å². The molecule has 0 radical (unpaired) electrons. The van der Waals surface area contributed by atoms with Gasteiger partial charge in [-0.05, 0) is 38.4 Å². The maximum absolute atomic E-state index is 6.02. The van der Waals surface area contributed by atoms with Crippen molar-refractivity contribution in [3.8, 4) is 5.75 Å². The van der Waals surface area contributed by atoms with Gasteiger partial charge in [-0.3, -0.25) is 0 Å². The zero-order valence-electron chi connectivity index (χ0n) is 13.3. The smallest absolute Gasteiger partial charge is 0.124 e. The van der Waals surface area contributed by atoms with Gasteiger partial charge in [-0.15, -0.1) is 0 Å². The van der Waals surface area contributed by atoms with Crippen LogP contribution in [0.25, 0.3) is 0 Å². The molecule has 2 heteroatoms. The third-order valence-electron chi connectivity index (χ3n) is 3.39. The van der Waals surface area contributed by atoms with Gasteiger partial charge in [0, 0.05) is 12.1 Å². The number of hydrogen-bond donors (Lipinski definition) is 1. The van der Waals surface area contributed by atoms with Crippen LogP contribution in [0.15, 0.2) is 42.5 Å². The molecule has 0 amide bonds. The number of nitrogens with one attached hydrogen (secondary N) is 1. The molecule has 2 rings (SSSR count). The third kappa shape index (κ3) is 4.91. The van der Waals surface area contributed by atoms with Crippen molar-refractivity contribution < 1.29 is 4.74 Å². The minimum absolute atomic E-state index is 0.618. The first-order valence-electron chi connectivity index (χ1n) is 7.67. The largest absolute Gasteiger partial charge is 0.489 e. The molecule has 0 aliphatic heterocycles. The van der Waals surface area contributed by atoms with Gasteiger partial charge in [0.2, 0.25) is 0 Å². The second kappa shape index (κ2) is 7.84. The molecule has 0 saturated heterocycles. The molecular formula is C19H25NO. The summed E-state index contributed by atoms with van der Waals surface area (Å²) >= 11 is 0. The molecule has 0 saturated carbocycles. The first-order chi connectivity index (χ1) is 10.2. The molecule has 0 spiro atoms. The summed E-state index contributed by atoms with van der Waals surface area (Å²) in [6.45, 7) is 8.93. The summed E-state index contributed by atoms with van der Waals surface area (Å²) < 4.78 is 6.02. The summed E-state index contributed by atoms with van der Waals surface area (Å²) in [7, 11) is 0. The van der Waals surface area contributed by atoms with Crippen LogP contribution < -0.4 is 10.1 Å². The Balaban J connectivity index is 2.02. The van der Waals surface area contributed by atoms with Crippen LogP contribution in [-0.4, -0.2) is 6.54 Å². The molecule has 0 aromatic heterocycles. The highest BCUT2D eigenvalue weighted by molar-refractivity contribution is 5.34. The highest BCUT2D eigenvalue weighted by Crippen LogP contribution is 2.20. The van der Waals surface area contributed by atoms with Crippen LogP contribution in [0.2, 0.25) is 0 Å². The Kier molecular flexibility index (Phi) is 5.82. The fourth-order valence-electron chi connectivity index (χ4n) is 2.50. The number of para-hydroxylation sites is 1. The Labute approximate surface area is 128 Å². The molecule has 21 heavy (non-hydrogen) atoms. The summed E-state index contributed by atoms with van der Waals surface area (Å²) in [4.78, 5) is 0. The maximum Gasteiger partial charge on any atom is 0.124 e. The number of benzene rings is 2. The fraction of sp³-hybridized carbons (Fsp3) is 0.368. The average molecular weight is 283 g/mol. The number of ether oxygens (including phenoxy) is 1. The Morgan fingerprint density at radius 2 is 1.71 bits per heavy atom. The van der Waals surface area contributed by atoms with Gasteiger partial charge in [-0.25, -0.2) is 0 Å². The molecule has 2 aromatic rings. The zero-order chi connectivity index (χ0) is 15.1. The van der Waals surface area contributed by atoms with E-state index in [1.165, 1.54) is 22.3 Å². The predicted octanol–water partition coefficient (Wildman–Crippen LogP) is 4.38. The van der Waals surface area contributed by atoms with Crippen LogP contribution in [0.5, 0.6) is 5.75 Å². The Bertz CT molecular complexity index is 557. The lowest BCUT2D eigenvalue weighted by Gasteiger charge is -2.13. The van der Waals surface area contributed by atoms with Gasteiger partial charge < -0.3 is 10.1 Å². The van der Waals surface area contributed by atoms with E-state index in [1.54, 1.807) is 0 Å². The van der Waals surface area contributed by atoms with Gasteiger partial charge in [-0.1, -0.05) is 54.4 Å². The maximum atomic E-state index is 6.02. The number of aryl methyl sites for hydroxylation is 2. The summed E-state index contributed by atoms with van der Waals surface area (Å²) in [5, 5.41) is 3.43. The van der Waals surface area contributed by atoms with Crippen molar-refractivity contribution in [2.75, 3.05) is 6.54 Å². The molecule has 1 N–H and O–H groups in total. The highest BCUT2D eigenvalue weighted by atomic mass is 16.5. The SMILES string of the molecule is CCCNCc1ccccc1OCc1cc(C)cc(C)c1. The third-order valence-corrected chi connectivity index (χ3v) is 3.39. The molecule has 0 aliphatic rings. The monoisotopic (exact) mass is 283 g/mol. The van der Waals surface area contributed by atoms with E-state index >= 15 is 0 Å². The molecule has 0 fully saturated rings. The van der Waals surface area contributed by atoms with E-state index in [1.807, 2.05) is 12.1 Å². The minimum atomic E-state index is 0.618. The molecular weight excluding hydrogens is 258 g/mol. The van der Waals surface area contributed by atoms with Crippen LogP contribution in [0.3, 0.4) is 0 Å². The van der Waals surface area contributed by atoms with Gasteiger partial charge in [0.25, 0.3) is 0 Å². The average Bonchev–Trinajstić information content (AvgIpc) is 2.45. The van der Waals surface area contributed by atoms with Crippen molar-refractivity contribution in [1.82, 2.24) is 5.32 Å². The number of hydrogen-bond acceptors (Lipinski definition) is 2. The quantitative estimate of drug-likeness (QED) is 0.761. The van der Waals surface area contributed by atoms with Gasteiger partial charge in [0.05, 0.1) is 0 Å². The summed E-state index contributed by atoms with van der Waals surface area (Å²) in [6, 6.07) is 14.8. The molecule has 2 nitrogen and oxygen atoms in total. The Morgan fingerprint density at radius 1 is 1.00 bits per heavy atom. The van der Waals surface area contributed by atoms with Crippen molar-refractivity contribution in [1.29, 1.82) is 0 Å². The summed E-state index contributed by atoms with van der Waals surface area (Å²) in [6.07, 6.45) is 1.14. The summed E-state index contributed by atoms with van der Waals surface area (Å²) in [5.41, 5.74) is 5.01. The zero-order valence-corrected chi connectivity index (χ0v) is 13.3. The van der Waals surface area contributed by atoms with E-state index in [0.717, 1.165) is 25.3 Å². The lowest BCUT2D eigenvalue weighted by Crippen LogP contribution is -2.14. The Hall–Kier alpha value is -1.80. The first-order valence-corrected chi connectivity index (χ1v) is 7.67. The van der Waals surface area contributed by atoms with Crippen molar-refractivity contribution in [3.05, 3.63) is 64.7 Å². The minimum Gasteiger partial charge on any atom is -0.489 e. The predicted molar refractivity (Wildman–Crippen MR) is 88.7 cm³/mol. The van der Waals surface area contributed by atoms with E-state index in [0.29, 0.717) is 6.61 Å². The van der Waals surface area contributed by atoms with Crippen molar-refractivity contribution in [2.45, 2.75) is 40.3 Å². The van der Waals surface area contributed by atoms with Gasteiger partial charge in [-0.2, -0.15) is 0 Å². The van der Waals surface area contributed by atoms with E-state index in [-0.39, 0.29) is 0 Å². The van der Waals surface area contributed by atoms with E-state index in [9.17, 15) is 0 Å². The molecule has 0 unspecified atom stereocenters. The van der Waals surface area contributed by atoms with Gasteiger partial charge >= 0.3 is 0 Å². The van der Waals surface area contributed by atoms with E-state index < -0.39 is 0 Å². The van der Waals surface area contributed by atoms with Crippen molar-refractivity contribution in [2.24, 2.45) is 0 Å². The van der Waals surface area contributed by atoms with E-state index in [2.05, 4.69) is 56.4 Å². The van der Waals surface area contributed by atoms with Gasteiger partial charge in [0.15, 0.2) is 0 Å². The van der Waals surface area contributed by atoms with Crippen LogP contribution in [-0.2, 0) is 13.2 Å². The topological polar surface area (TPSA) is 21.3 Å². The van der Waals surface area contributed by atoms with Crippen LogP contribution in [0.1, 0.15) is 35.6 Å². The van der Waals surface area contributed by atoms with E-state index in [4.69, 9.17) is 4.74 Å². The molecule has 0 bridgehead atoms. The second-order valence-corrected chi connectivity index (χ2v) is 5.57. The molecule has 0 aliphatic carbocycles. The van der Waals surface area contributed by atoms with Gasteiger partial charge in [0.1, 0.15) is 12.4 Å². The summed E-state index contributed by atoms with van der Waals surface area (Å²) in [5.74, 6) is 0.972. The lowest BCUT2D eigenvalue weighted by molar-refractivity contribution is 0.302. The van der Waals surface area contributed by atoms with Crippen molar-refractivity contribution >= 4 is 0 Å². The molecule has 112 valence electrons. The van der Waals surface area contributed by atoms with Crippen molar-refractivity contribution in [3.63, 3.8) is 0 Å². The van der Waals surface area contributed by atoms with Crippen LogP contribution >= 0.6 is 0 Å². The first kappa shape index (κ1) is 15.6. The molecule has 2 aromatic carbocycles. The second-order valence-electron chi connectivity index (χ2n) is 5.57. The highest BCUT2D eigenvalue weighted by Gasteiger charge is 2.03. The fourth-order valence-corrected chi connectivity index (χ4v) is 2.50. The molecule has 0 heterocycles. The number of rotatable bonds is 7. The Morgan fingerprint density at radius 3 is 2.43 bits per heavy atom. The van der Waals surface area contributed by atoms with Crippen LogP contribution in [0, 0.1) is 13.8 Å². The lowest BCUT2D eigenvalue weighted by atomic mass is 10.1.